The highest BCUT2D eigenvalue weighted by molar-refractivity contribution is 5.82. The molecule has 3 aliphatic rings. The van der Waals surface area contributed by atoms with Crippen molar-refractivity contribution in [2.24, 2.45) is 0 Å². The highest BCUT2D eigenvalue weighted by Gasteiger charge is 2.41. The minimum Gasteiger partial charge on any atom is -0.256 e. The topological polar surface area (TPSA) is 77.3 Å². The normalized spacial score (nSPS) is 13.8. The quantitative estimate of drug-likeness (QED) is 0.136. The summed E-state index contributed by atoms with van der Waals surface area (Å²) in [7, 11) is 0. The Morgan fingerprint density at radius 1 is 0.188 bits per heavy atom. The van der Waals surface area contributed by atoms with Gasteiger partial charge in [0, 0.05) is 68.7 Å². The lowest BCUT2D eigenvalue weighted by atomic mass is 9.60. The number of rotatable bonds is 10. The highest BCUT2D eigenvalue weighted by atomic mass is 14.9. The van der Waals surface area contributed by atoms with Crippen LogP contribution in [-0.4, -0.2) is 29.9 Å². The molecule has 3 aliphatic carbocycles. The van der Waals surface area contributed by atoms with Crippen molar-refractivity contribution in [1.29, 1.82) is 0 Å². The lowest BCUT2D eigenvalue weighted by molar-refractivity contribution is 0.755. The van der Waals surface area contributed by atoms with Gasteiger partial charge in [0.05, 0.1) is 34.2 Å². The first kappa shape index (κ1) is 46.7. The van der Waals surface area contributed by atoms with Gasteiger partial charge in [0.15, 0.2) is 11.6 Å². The Morgan fingerprint density at radius 3 is 0.900 bits per heavy atom. The van der Waals surface area contributed by atoms with E-state index in [0.717, 1.165) is 89.8 Å². The Bertz CT molecular complexity index is 4160. The SMILES string of the molecule is c1ccc(-c2nc(-c3ccc(-c4ccccn4)cc3)cc(-c3cccc(-c4ccc5c(c4)C4c6ccccc6C5c5cc(-c6cccc(-c7cc(-c8ccc(-c9ccccn9)cc8)nc(-c8ccccc8)n7)c6)ccc54)c3)n2)cc1. The van der Waals surface area contributed by atoms with Crippen LogP contribution in [0.2, 0.25) is 0 Å². The van der Waals surface area contributed by atoms with Gasteiger partial charge in [0.2, 0.25) is 0 Å². The van der Waals surface area contributed by atoms with Crippen molar-refractivity contribution in [1.82, 2.24) is 29.9 Å². The molecule has 0 saturated carbocycles. The average molecular weight is 1020 g/mol. The third-order valence-electron chi connectivity index (χ3n) is 15.8. The first-order chi connectivity index (χ1) is 39.6. The zero-order valence-corrected chi connectivity index (χ0v) is 43.4. The summed E-state index contributed by atoms with van der Waals surface area (Å²) < 4.78 is 0. The van der Waals surface area contributed by atoms with Crippen molar-refractivity contribution >= 4 is 0 Å². The van der Waals surface area contributed by atoms with Crippen molar-refractivity contribution < 1.29 is 0 Å². The molecule has 374 valence electrons. The second-order valence-corrected chi connectivity index (χ2v) is 20.6. The smallest absolute Gasteiger partial charge is 0.160 e. The predicted molar refractivity (Wildman–Crippen MR) is 322 cm³/mol. The van der Waals surface area contributed by atoms with Gasteiger partial charge in [-0.2, -0.15) is 0 Å². The number of aromatic nitrogens is 6. The fourth-order valence-corrected chi connectivity index (χ4v) is 11.9. The van der Waals surface area contributed by atoms with Gasteiger partial charge in [-0.3, -0.25) is 9.97 Å². The van der Waals surface area contributed by atoms with Crippen LogP contribution in [0.1, 0.15) is 45.2 Å². The van der Waals surface area contributed by atoms with E-state index in [1.165, 1.54) is 44.5 Å². The van der Waals surface area contributed by atoms with Gasteiger partial charge >= 0.3 is 0 Å². The minimum absolute atomic E-state index is 0.0977. The third-order valence-corrected chi connectivity index (χ3v) is 15.8. The lowest BCUT2D eigenvalue weighted by Crippen LogP contribution is -2.27. The summed E-state index contributed by atoms with van der Waals surface area (Å²) >= 11 is 0. The van der Waals surface area contributed by atoms with Crippen molar-refractivity contribution in [3.63, 3.8) is 0 Å². The van der Waals surface area contributed by atoms with Gasteiger partial charge in [-0.15, -0.1) is 0 Å². The molecule has 0 aliphatic heterocycles. The molecular formula is C74H48N6. The monoisotopic (exact) mass is 1020 g/mol. The van der Waals surface area contributed by atoms with Gasteiger partial charge in [-0.25, -0.2) is 19.9 Å². The van der Waals surface area contributed by atoms with Crippen molar-refractivity contribution in [2.75, 3.05) is 0 Å². The Labute approximate surface area is 464 Å². The molecular weight excluding hydrogens is 973 g/mol. The molecule has 0 amide bonds. The van der Waals surface area contributed by atoms with Gasteiger partial charge in [-0.05, 0) is 116 Å². The highest BCUT2D eigenvalue weighted by Crippen LogP contribution is 2.57. The molecule has 0 radical (unpaired) electrons. The molecule has 9 aromatic carbocycles. The van der Waals surface area contributed by atoms with E-state index >= 15 is 0 Å². The summed E-state index contributed by atoms with van der Waals surface area (Å²) in [5, 5.41) is 0. The van der Waals surface area contributed by atoms with Crippen LogP contribution in [0.25, 0.3) is 113 Å². The maximum Gasteiger partial charge on any atom is 0.160 e. The van der Waals surface area contributed by atoms with Crippen LogP contribution in [0.5, 0.6) is 0 Å². The van der Waals surface area contributed by atoms with Crippen LogP contribution in [-0.2, 0) is 0 Å². The summed E-state index contributed by atoms with van der Waals surface area (Å²) in [5.41, 5.74) is 26.4. The molecule has 2 atom stereocenters. The van der Waals surface area contributed by atoms with Crippen LogP contribution >= 0.6 is 0 Å². The summed E-state index contributed by atoms with van der Waals surface area (Å²) in [4.78, 5) is 29.8. The van der Waals surface area contributed by atoms with E-state index in [9.17, 15) is 0 Å². The number of hydrogen-bond donors (Lipinski definition) is 0. The summed E-state index contributed by atoms with van der Waals surface area (Å²) in [6.07, 6.45) is 3.65. The molecule has 0 fully saturated rings. The molecule has 80 heavy (non-hydrogen) atoms. The lowest BCUT2D eigenvalue weighted by Gasteiger charge is -2.42. The number of hydrogen-bond acceptors (Lipinski definition) is 6. The number of nitrogens with zero attached hydrogens (tertiary/aromatic N) is 6. The van der Waals surface area contributed by atoms with E-state index in [1.54, 1.807) is 0 Å². The maximum absolute atomic E-state index is 5.21. The Kier molecular flexibility index (Phi) is 11.6. The molecule has 0 N–H and O–H groups in total. The third kappa shape index (κ3) is 8.56. The second kappa shape index (κ2) is 19.8. The zero-order valence-electron chi connectivity index (χ0n) is 43.4. The van der Waals surface area contributed by atoms with E-state index in [0.29, 0.717) is 11.6 Å². The van der Waals surface area contributed by atoms with E-state index in [-0.39, 0.29) is 11.8 Å². The van der Waals surface area contributed by atoms with Gasteiger partial charge < -0.3 is 0 Å². The molecule has 16 rings (SSSR count). The molecule has 6 nitrogen and oxygen atoms in total. The van der Waals surface area contributed by atoms with Gasteiger partial charge in [0.25, 0.3) is 0 Å². The first-order valence-electron chi connectivity index (χ1n) is 27.1. The largest absolute Gasteiger partial charge is 0.256 e. The van der Waals surface area contributed by atoms with Crippen LogP contribution in [0.4, 0.5) is 0 Å². The predicted octanol–water partition coefficient (Wildman–Crippen LogP) is 17.7. The fourth-order valence-electron chi connectivity index (χ4n) is 11.9. The number of pyridine rings is 2. The molecule has 6 heteroatoms. The number of benzene rings is 9. The van der Waals surface area contributed by atoms with E-state index in [1.807, 2.05) is 85.2 Å². The maximum atomic E-state index is 5.21. The van der Waals surface area contributed by atoms with Crippen LogP contribution in [0.15, 0.2) is 279 Å². The Morgan fingerprint density at radius 2 is 0.500 bits per heavy atom. The van der Waals surface area contributed by atoms with Crippen molar-refractivity contribution in [3.05, 3.63) is 313 Å². The molecule has 0 saturated heterocycles. The van der Waals surface area contributed by atoms with Crippen molar-refractivity contribution in [3.8, 4) is 113 Å². The molecule has 2 unspecified atom stereocenters. The molecule has 4 aromatic heterocycles. The molecule has 0 spiro atoms. The van der Waals surface area contributed by atoms with Crippen LogP contribution in [0.3, 0.4) is 0 Å². The summed E-state index contributed by atoms with van der Waals surface area (Å²) in [6.45, 7) is 0. The standard InChI is InChI=1S/C74H48N6/c1-3-15-51(16-4-1)73-77-67(49-31-27-47(28-32-49)65-25-9-11-39-75-65)45-69(79-73)57-21-13-19-53(41-57)55-35-37-61-63(43-55)71-59-23-7-8-24-60(59)72(61)64-44-56(36-38-62(64)71)54-20-14-22-58(42-54)70-46-68(78-74(80-70)52-17-5-2-6-18-52)50-33-29-48(30-34-50)66-26-10-12-40-76-66/h1-46,71-72H. The molecule has 13 aromatic rings. The first-order valence-corrected chi connectivity index (χ1v) is 27.1. The summed E-state index contributed by atoms with van der Waals surface area (Å²) in [5.74, 6) is 1.57. The Balaban J connectivity index is 0.765. The van der Waals surface area contributed by atoms with Gasteiger partial charge in [-0.1, -0.05) is 206 Å². The minimum atomic E-state index is 0.0977. The molecule has 2 bridgehead atoms. The van der Waals surface area contributed by atoms with Crippen LogP contribution < -0.4 is 0 Å². The average Bonchev–Trinajstić information content (AvgIpc) is 3.61. The van der Waals surface area contributed by atoms with E-state index in [4.69, 9.17) is 19.9 Å². The van der Waals surface area contributed by atoms with E-state index in [2.05, 4.69) is 204 Å². The summed E-state index contributed by atoms with van der Waals surface area (Å²) in [6, 6.07) is 94.6. The zero-order chi connectivity index (χ0) is 52.9. The fraction of sp³-hybridized carbons (Fsp3) is 0.0270. The van der Waals surface area contributed by atoms with Crippen LogP contribution in [0, 0.1) is 0 Å². The molecule has 4 heterocycles. The van der Waals surface area contributed by atoms with Gasteiger partial charge in [0.1, 0.15) is 0 Å². The van der Waals surface area contributed by atoms with E-state index < -0.39 is 0 Å². The Hall–Kier alpha value is -10.6. The second-order valence-electron chi connectivity index (χ2n) is 20.6. The van der Waals surface area contributed by atoms with Crippen molar-refractivity contribution in [2.45, 2.75) is 11.8 Å².